The highest BCUT2D eigenvalue weighted by Gasteiger charge is 2.57. The van der Waals surface area contributed by atoms with Crippen molar-refractivity contribution in [2.45, 2.75) is 287 Å². The van der Waals surface area contributed by atoms with Gasteiger partial charge in [-0.05, 0) is 170 Å². The second-order valence-corrected chi connectivity index (χ2v) is 33.6. The average Bonchev–Trinajstić information content (AvgIpc) is 1.36. The van der Waals surface area contributed by atoms with Gasteiger partial charge in [-0.3, -0.25) is 62.3 Å². The molecule has 4 heterocycles. The van der Waals surface area contributed by atoms with E-state index >= 15 is 0 Å². The normalized spacial score (nSPS) is 21.4. The molecule has 130 heavy (non-hydrogen) atoms. The Bertz CT molecular complexity index is 4480. The molecule has 716 valence electrons. The van der Waals surface area contributed by atoms with E-state index in [0.29, 0.717) is 64.5 Å². The molecule has 14 N–H and O–H groups in total. The van der Waals surface area contributed by atoms with Crippen LogP contribution in [0.4, 0.5) is 0 Å². The van der Waals surface area contributed by atoms with Gasteiger partial charge in [0.05, 0.1) is 51.7 Å². The Morgan fingerprint density at radius 2 is 1.10 bits per heavy atom. The number of fused-ring (bicyclic) bond motifs is 4. The second-order valence-electron chi connectivity index (χ2n) is 33.6. The number of aliphatic hydroxyl groups is 3. The number of rotatable bonds is 56. The van der Waals surface area contributed by atoms with Crippen LogP contribution in [0.5, 0.6) is 28.7 Å². The summed E-state index contributed by atoms with van der Waals surface area (Å²) in [5.74, 6) is -16.1. The SMILES string of the molecule is COc1cc([C@@H]2c3cc4c(cc3[C@@H](OC3OC5COC(C)OC5C(O)C3OC(=O)CCCC(=O)NCCCCC(CCC(=O)C(CCCCNC(=O)CCCC(C)=O)CCC(=O)C(NC(=O)CCCC(C)=O)C(C)O)C(=O)N[C@H](C(=O)NC(CCC(=O)O)C(=O)N[C@@H](CCC(=O)O)C(=O)NC(Cc3ccc(O)cc3)C(=O)O)[C@@H](C)O)[C@H]3COC(=O)[C@H]23)OCO4)cc(C)c1OC. The number of carbonyl (C=O) groups excluding carboxylic acids is 13. The van der Waals surface area contributed by atoms with E-state index in [-0.39, 0.29) is 165 Å². The molecule has 5 aliphatic rings. The number of methoxy groups -OCH3 is 2. The number of cyclic esters (lactones) is 1. The number of Topliss-reactive ketones (excluding diaryl/α,β-unsaturated/α-hetero) is 4. The first-order valence-corrected chi connectivity index (χ1v) is 44.0. The molecular formula is C90H123N7O33. The van der Waals surface area contributed by atoms with Crippen LogP contribution in [0.2, 0.25) is 0 Å². The van der Waals surface area contributed by atoms with E-state index < -0.39 is 218 Å². The van der Waals surface area contributed by atoms with Gasteiger partial charge in [-0.15, -0.1) is 0 Å². The van der Waals surface area contributed by atoms with Gasteiger partial charge >= 0.3 is 29.8 Å². The Morgan fingerprint density at radius 1 is 0.546 bits per heavy atom. The van der Waals surface area contributed by atoms with E-state index in [0.717, 1.165) is 12.5 Å². The summed E-state index contributed by atoms with van der Waals surface area (Å²) in [6.07, 6.45) is -15.1. The van der Waals surface area contributed by atoms with Gasteiger partial charge in [0.15, 0.2) is 47.5 Å². The first-order chi connectivity index (χ1) is 61.8. The van der Waals surface area contributed by atoms with E-state index in [1.54, 1.807) is 25.1 Å². The summed E-state index contributed by atoms with van der Waals surface area (Å²) >= 11 is 0. The number of amides is 7. The summed E-state index contributed by atoms with van der Waals surface area (Å²) in [4.78, 5) is 213. The zero-order chi connectivity index (χ0) is 95.2. The maximum atomic E-state index is 14.9. The molecule has 40 heteroatoms. The third kappa shape index (κ3) is 30.9. The number of aliphatic carboxylic acids is 3. The molecule has 19 atom stereocenters. The van der Waals surface area contributed by atoms with Gasteiger partial charge in [-0.1, -0.05) is 31.0 Å². The van der Waals surface area contributed by atoms with Gasteiger partial charge in [-0.2, -0.15) is 0 Å². The fourth-order valence-corrected chi connectivity index (χ4v) is 16.6. The Hall–Kier alpha value is -11.3. The highest BCUT2D eigenvalue weighted by Crippen LogP contribution is 2.57. The Kier molecular flexibility index (Phi) is 40.6. The number of unbranched alkanes of at least 4 members (excludes halogenated alkanes) is 2. The van der Waals surface area contributed by atoms with Crippen molar-refractivity contribution in [1.82, 2.24) is 37.2 Å². The number of ether oxygens (including phenoxy) is 10. The fourth-order valence-electron chi connectivity index (χ4n) is 16.6. The summed E-state index contributed by atoms with van der Waals surface area (Å²) in [6.45, 7) is 8.51. The lowest BCUT2D eigenvalue weighted by molar-refractivity contribution is -0.365. The lowest BCUT2D eigenvalue weighted by Gasteiger charge is -2.48. The zero-order valence-corrected chi connectivity index (χ0v) is 74.3. The molecule has 3 aromatic rings. The number of carboxylic acids is 3. The minimum atomic E-state index is -1.96. The van der Waals surface area contributed by atoms with Crippen LogP contribution < -0.4 is 56.2 Å². The molecule has 3 aromatic carbocycles. The number of phenolic OH excluding ortho intramolecular Hbond substituents is 1. The molecule has 3 fully saturated rings. The Balaban J connectivity index is 0.968. The van der Waals surface area contributed by atoms with Gasteiger partial charge in [-0.25, -0.2) is 4.79 Å². The summed E-state index contributed by atoms with van der Waals surface area (Å²) in [5.41, 5.74) is 2.94. The second kappa shape index (κ2) is 50.8. The molecule has 12 unspecified atom stereocenters. The average molecular weight is 1830 g/mol. The number of aliphatic hydroxyl groups excluding tert-OH is 3. The van der Waals surface area contributed by atoms with Crippen LogP contribution in [0, 0.1) is 30.6 Å². The van der Waals surface area contributed by atoms with Gasteiger partial charge < -0.3 is 130 Å². The van der Waals surface area contributed by atoms with E-state index in [9.17, 15) is 112 Å². The first-order valence-electron chi connectivity index (χ1n) is 44.0. The molecular weight excluding hydrogens is 1710 g/mol. The van der Waals surface area contributed by atoms with Crippen molar-refractivity contribution < 1.29 is 160 Å². The molecule has 0 saturated carbocycles. The largest absolute Gasteiger partial charge is 0.508 e. The van der Waals surface area contributed by atoms with Gasteiger partial charge in [0, 0.05) is 107 Å². The molecule has 4 aliphatic heterocycles. The highest BCUT2D eigenvalue weighted by molar-refractivity contribution is 5.96. The van der Waals surface area contributed by atoms with Crippen LogP contribution in [-0.4, -0.2) is 257 Å². The number of esters is 2. The van der Waals surface area contributed by atoms with E-state index in [2.05, 4.69) is 37.2 Å². The monoisotopic (exact) mass is 1830 g/mol. The fraction of sp³-hybridized carbons (Fsp3) is 0.622. The van der Waals surface area contributed by atoms with Crippen molar-refractivity contribution in [2.24, 2.45) is 23.7 Å². The summed E-state index contributed by atoms with van der Waals surface area (Å²) < 4.78 is 60.2. The molecule has 1 aliphatic carbocycles. The van der Waals surface area contributed by atoms with Crippen LogP contribution in [0.15, 0.2) is 48.5 Å². The summed E-state index contributed by atoms with van der Waals surface area (Å²) in [7, 11) is 3.02. The van der Waals surface area contributed by atoms with Crippen molar-refractivity contribution in [2.75, 3.05) is 47.3 Å². The predicted molar refractivity (Wildman–Crippen MR) is 454 cm³/mol. The minimum absolute atomic E-state index is 0.0240. The van der Waals surface area contributed by atoms with Crippen molar-refractivity contribution in [1.29, 1.82) is 0 Å². The van der Waals surface area contributed by atoms with Crippen molar-refractivity contribution in [3.8, 4) is 28.7 Å². The minimum Gasteiger partial charge on any atom is -0.508 e. The number of nitrogens with one attached hydrogen (secondary N) is 7. The maximum absolute atomic E-state index is 14.9. The molecule has 0 bridgehead atoms. The molecule has 3 saturated heterocycles. The molecule has 0 aromatic heterocycles. The van der Waals surface area contributed by atoms with Crippen molar-refractivity contribution in [3.63, 3.8) is 0 Å². The van der Waals surface area contributed by atoms with E-state index in [1.807, 2.05) is 13.0 Å². The molecule has 40 nitrogen and oxygen atoms in total. The Labute approximate surface area is 751 Å². The number of carboxylic acid groups (broad SMARTS) is 3. The van der Waals surface area contributed by atoms with Crippen molar-refractivity contribution in [3.05, 3.63) is 76.3 Å². The number of aromatic hydroxyl groups is 1. The van der Waals surface area contributed by atoms with Crippen LogP contribution >= 0.6 is 0 Å². The number of phenols is 1. The number of aryl methyl sites for hydroxylation is 1. The van der Waals surface area contributed by atoms with E-state index in [4.69, 9.17) is 47.4 Å². The number of hydrogen-bond donors (Lipinski definition) is 14. The smallest absolute Gasteiger partial charge is 0.326 e. The van der Waals surface area contributed by atoms with Gasteiger partial charge in [0.25, 0.3) is 0 Å². The van der Waals surface area contributed by atoms with Gasteiger partial charge in [0.1, 0.15) is 71.6 Å². The topological polar surface area (TPSA) is 591 Å². The first kappa shape index (κ1) is 104. The van der Waals surface area contributed by atoms with E-state index in [1.165, 1.54) is 59.3 Å². The molecule has 8 rings (SSSR count). The van der Waals surface area contributed by atoms with Crippen LogP contribution in [0.1, 0.15) is 222 Å². The van der Waals surface area contributed by atoms with Crippen LogP contribution in [0.3, 0.4) is 0 Å². The van der Waals surface area contributed by atoms with Gasteiger partial charge in [0.2, 0.25) is 48.1 Å². The quantitative estimate of drug-likeness (QED) is 0.0283. The molecule has 0 spiro atoms. The summed E-state index contributed by atoms with van der Waals surface area (Å²) in [5, 5.41) is 90.7. The zero-order valence-electron chi connectivity index (χ0n) is 74.3. The predicted octanol–water partition coefficient (Wildman–Crippen LogP) is 3.63. The standard InChI is InChI=1S/C90H123N7O33/c1-46-38-55(40-67(121-7)80(46)122-8)75-57-41-65-66(126-45-125-65)42-58(57)81(59-43-124-89(120)76(59)75)130-90-83(79(113)82-68(128-90)44-123-51(6)127-82)129-74(112)23-15-21-70(106)92-37-12-10-19-54(27-32-63(103)53(18-9-11-36-91-69(105)20-13-16-47(2)98)26-33-64(104)77(49(4)100)96-71(107)22-14-17-48(3)99)84(114)97-78(50(5)101)87(117)94-61(31-35-73(110)111)85(115)93-60(30-34-72(108)109)86(116)95-62(88(118)119)39-52-24-28-56(102)29-25-52/h24-25,28-29,38,40-42,49-51,53-54,59-62,68,75-79,81-83,90,100-102,113H,9-23,26-27,30-37,39,43-45H2,1-8H3,(H,91,105)(H,92,106)(H,93,115)(H,94,117)(H,95,116)(H,96,107)(H,97,114)(H,108,109)(H,110,111)(H,118,119)/t49?,50-,51?,53?,54?,59+,60+,61?,62?,68?,75-,76+,77?,78+,79?,81-,82?,83?,90?/m1/s1. The van der Waals surface area contributed by atoms with Crippen LogP contribution in [0.25, 0.3) is 0 Å². The Morgan fingerprint density at radius 3 is 1.67 bits per heavy atom. The lowest BCUT2D eigenvalue weighted by Crippen LogP contribution is -2.64. The maximum Gasteiger partial charge on any atom is 0.326 e. The van der Waals surface area contributed by atoms with Crippen molar-refractivity contribution >= 4 is 94.3 Å². The van der Waals surface area contributed by atoms with Crippen LogP contribution in [-0.2, 0) is 112 Å². The summed E-state index contributed by atoms with van der Waals surface area (Å²) in [6, 6.07) is 3.73. The number of benzene rings is 3. The number of hydrogen-bond acceptors (Lipinski definition) is 30. The molecule has 0 radical (unpaired) electrons. The number of carbonyl (C=O) groups is 16. The number of ketones is 4. The molecule has 7 amide bonds. The lowest BCUT2D eigenvalue weighted by atomic mass is 9.66. The third-order valence-corrected chi connectivity index (χ3v) is 23.5. The highest BCUT2D eigenvalue weighted by atomic mass is 16.8. The third-order valence-electron chi connectivity index (χ3n) is 23.5.